The number of nitrogens with zero attached hydrogens (tertiary/aromatic N) is 3. The van der Waals surface area contributed by atoms with Crippen LogP contribution in [0.1, 0.15) is 57.2 Å². The van der Waals surface area contributed by atoms with Crippen LogP contribution >= 0.6 is 12.2 Å². The molecular weight excluding hydrogens is 342 g/mol. The van der Waals surface area contributed by atoms with E-state index in [0.29, 0.717) is 6.04 Å². The molecule has 0 saturated heterocycles. The van der Waals surface area contributed by atoms with Gasteiger partial charge in [0.1, 0.15) is 5.82 Å². The van der Waals surface area contributed by atoms with E-state index in [0.717, 1.165) is 41.0 Å². The highest BCUT2D eigenvalue weighted by Gasteiger charge is 2.16. The summed E-state index contributed by atoms with van der Waals surface area (Å²) in [6, 6.07) is 8.88. The highest BCUT2D eigenvalue weighted by atomic mass is 32.1. The Hall–Kier alpha value is -1.95. The molecule has 5 nitrogen and oxygen atoms in total. The molecule has 1 saturated carbocycles. The average molecular weight is 370 g/mol. The number of hydrogen-bond acceptors (Lipinski definition) is 3. The normalized spacial score (nSPS) is 18.0. The third-order valence-corrected chi connectivity index (χ3v) is 5.67. The summed E-state index contributed by atoms with van der Waals surface area (Å²) in [4.78, 5) is 0. The van der Waals surface area contributed by atoms with Gasteiger partial charge < -0.3 is 15.2 Å². The number of rotatable bonds is 3. The van der Waals surface area contributed by atoms with E-state index in [1.807, 2.05) is 0 Å². The number of benzene rings is 1. The van der Waals surface area contributed by atoms with Crippen LogP contribution in [0.3, 0.4) is 0 Å². The third-order valence-electron chi connectivity index (χ3n) is 5.45. The van der Waals surface area contributed by atoms with Crippen LogP contribution in [0.4, 0.5) is 5.69 Å². The van der Waals surface area contributed by atoms with Gasteiger partial charge in [-0.25, -0.2) is 0 Å². The van der Waals surface area contributed by atoms with Crippen molar-refractivity contribution in [3.63, 3.8) is 0 Å². The van der Waals surface area contributed by atoms with Crippen LogP contribution in [0.15, 0.2) is 24.3 Å². The summed E-state index contributed by atoms with van der Waals surface area (Å²) in [6.07, 6.45) is 11.1. The van der Waals surface area contributed by atoms with Gasteiger partial charge >= 0.3 is 0 Å². The van der Waals surface area contributed by atoms with Gasteiger partial charge in [-0.1, -0.05) is 25.7 Å². The van der Waals surface area contributed by atoms with Crippen LogP contribution in [-0.4, -0.2) is 25.9 Å². The Kier molecular flexibility index (Phi) is 5.48. The molecule has 2 N–H and O–H groups in total. The smallest absolute Gasteiger partial charge is 0.170 e. The van der Waals surface area contributed by atoms with Gasteiger partial charge in [-0.2, -0.15) is 0 Å². The van der Waals surface area contributed by atoms with Crippen LogP contribution in [-0.2, 0) is 13.0 Å². The molecule has 26 heavy (non-hydrogen) atoms. The number of nitrogens with one attached hydrogen (secondary N) is 2. The first-order valence-electron chi connectivity index (χ1n) is 9.89. The summed E-state index contributed by atoms with van der Waals surface area (Å²) < 4.78 is 2.28. The van der Waals surface area contributed by atoms with Crippen molar-refractivity contribution < 1.29 is 0 Å². The Labute approximate surface area is 160 Å². The van der Waals surface area contributed by atoms with E-state index >= 15 is 0 Å². The van der Waals surface area contributed by atoms with Crippen molar-refractivity contribution in [3.05, 3.63) is 30.1 Å². The molecule has 2 aliphatic rings. The maximum atomic E-state index is 5.48. The molecule has 138 valence electrons. The van der Waals surface area contributed by atoms with E-state index in [4.69, 9.17) is 12.2 Å². The van der Waals surface area contributed by atoms with Crippen LogP contribution < -0.4 is 10.6 Å². The Morgan fingerprint density at radius 3 is 2.54 bits per heavy atom. The SMILES string of the molecule is S=C(Nc1ccc(-c2nnc3n2CCCCC3)cc1)NC1CCCCC1. The number of aromatic nitrogens is 3. The molecule has 1 aliphatic carbocycles. The second kappa shape index (κ2) is 8.16. The molecule has 0 unspecified atom stereocenters. The van der Waals surface area contributed by atoms with Crippen LogP contribution in [0.2, 0.25) is 0 Å². The van der Waals surface area contributed by atoms with Crippen LogP contribution in [0.25, 0.3) is 11.4 Å². The van der Waals surface area contributed by atoms with Crippen molar-refractivity contribution in [2.45, 2.75) is 70.4 Å². The lowest BCUT2D eigenvalue weighted by molar-refractivity contribution is 0.415. The maximum Gasteiger partial charge on any atom is 0.170 e. The van der Waals surface area contributed by atoms with Gasteiger partial charge in [0.15, 0.2) is 10.9 Å². The predicted octanol–water partition coefficient (Wildman–Crippen LogP) is 4.29. The number of aryl methyl sites for hydroxylation is 1. The van der Waals surface area contributed by atoms with Gasteiger partial charge in [-0.15, -0.1) is 10.2 Å². The van der Waals surface area contributed by atoms with Gasteiger partial charge in [-0.05, 0) is 62.2 Å². The van der Waals surface area contributed by atoms with E-state index in [1.165, 1.54) is 51.4 Å². The second-order valence-electron chi connectivity index (χ2n) is 7.41. The summed E-state index contributed by atoms with van der Waals surface area (Å²) in [7, 11) is 0. The topological polar surface area (TPSA) is 54.8 Å². The number of fused-ring (bicyclic) bond motifs is 1. The Balaban J connectivity index is 1.40. The molecule has 2 heterocycles. The minimum Gasteiger partial charge on any atom is -0.360 e. The quantitative estimate of drug-likeness (QED) is 0.791. The molecule has 1 aromatic carbocycles. The predicted molar refractivity (Wildman–Crippen MR) is 109 cm³/mol. The van der Waals surface area contributed by atoms with Gasteiger partial charge in [0, 0.05) is 30.3 Å². The van der Waals surface area contributed by atoms with Crippen LogP contribution in [0, 0.1) is 0 Å². The summed E-state index contributed by atoms with van der Waals surface area (Å²) in [5.74, 6) is 2.11. The molecular formula is C20H27N5S. The third kappa shape index (κ3) is 4.06. The van der Waals surface area contributed by atoms with Crippen molar-refractivity contribution in [2.75, 3.05) is 5.32 Å². The largest absolute Gasteiger partial charge is 0.360 e. The van der Waals surface area contributed by atoms with E-state index in [-0.39, 0.29) is 0 Å². The highest BCUT2D eigenvalue weighted by molar-refractivity contribution is 7.80. The lowest BCUT2D eigenvalue weighted by Gasteiger charge is -2.24. The molecule has 1 fully saturated rings. The van der Waals surface area contributed by atoms with Gasteiger partial charge in [0.05, 0.1) is 0 Å². The number of anilines is 1. The first-order valence-corrected chi connectivity index (χ1v) is 10.3. The highest BCUT2D eigenvalue weighted by Crippen LogP contribution is 2.24. The van der Waals surface area contributed by atoms with Crippen molar-refractivity contribution in [2.24, 2.45) is 0 Å². The average Bonchev–Trinajstić information content (AvgIpc) is 2.91. The monoisotopic (exact) mass is 369 g/mol. The minimum absolute atomic E-state index is 0.523. The zero-order valence-corrected chi connectivity index (χ0v) is 16.0. The van der Waals surface area contributed by atoms with E-state index in [1.54, 1.807) is 0 Å². The van der Waals surface area contributed by atoms with E-state index < -0.39 is 0 Å². The van der Waals surface area contributed by atoms with Gasteiger partial charge in [-0.3, -0.25) is 0 Å². The lowest BCUT2D eigenvalue weighted by atomic mass is 9.96. The first-order chi connectivity index (χ1) is 12.8. The zero-order chi connectivity index (χ0) is 17.8. The van der Waals surface area contributed by atoms with Crippen molar-refractivity contribution in [1.82, 2.24) is 20.1 Å². The first kappa shape index (κ1) is 17.5. The molecule has 1 aromatic heterocycles. The standard InChI is InChI=1S/C20H27N5S/c26-20(21-16-7-3-1-4-8-16)22-17-12-10-15(11-13-17)19-24-23-18-9-5-2-6-14-25(18)19/h10-13,16H,1-9,14H2,(H2,21,22,26). The molecule has 0 bridgehead atoms. The van der Waals surface area contributed by atoms with Gasteiger partial charge in [0.25, 0.3) is 0 Å². The lowest BCUT2D eigenvalue weighted by Crippen LogP contribution is -2.38. The van der Waals surface area contributed by atoms with Crippen LogP contribution in [0.5, 0.6) is 0 Å². The summed E-state index contributed by atoms with van der Waals surface area (Å²) in [5.41, 5.74) is 2.13. The molecule has 1 aliphatic heterocycles. The Morgan fingerprint density at radius 2 is 1.73 bits per heavy atom. The molecule has 0 atom stereocenters. The van der Waals surface area contributed by atoms with Gasteiger partial charge in [0.2, 0.25) is 0 Å². The second-order valence-corrected chi connectivity index (χ2v) is 7.82. The number of thiocarbonyl (C=S) groups is 1. The molecule has 6 heteroatoms. The Bertz CT molecular complexity index is 746. The molecule has 0 radical (unpaired) electrons. The van der Waals surface area contributed by atoms with Crippen molar-refractivity contribution >= 4 is 23.0 Å². The van der Waals surface area contributed by atoms with E-state index in [2.05, 4.69) is 49.7 Å². The molecule has 4 rings (SSSR count). The summed E-state index contributed by atoms with van der Waals surface area (Å²) in [6.45, 7) is 1.02. The summed E-state index contributed by atoms with van der Waals surface area (Å²) in [5, 5.41) is 16.3. The Morgan fingerprint density at radius 1 is 0.962 bits per heavy atom. The van der Waals surface area contributed by atoms with Crippen molar-refractivity contribution in [1.29, 1.82) is 0 Å². The molecule has 2 aromatic rings. The summed E-state index contributed by atoms with van der Waals surface area (Å²) >= 11 is 5.48. The van der Waals surface area contributed by atoms with Crippen molar-refractivity contribution in [3.8, 4) is 11.4 Å². The fourth-order valence-electron chi connectivity index (χ4n) is 4.00. The fraction of sp³-hybridized carbons (Fsp3) is 0.550. The molecule has 0 spiro atoms. The zero-order valence-electron chi connectivity index (χ0n) is 15.2. The van der Waals surface area contributed by atoms with E-state index in [9.17, 15) is 0 Å². The molecule has 0 amide bonds. The number of hydrogen-bond donors (Lipinski definition) is 2. The fourth-order valence-corrected chi connectivity index (χ4v) is 4.29. The maximum absolute atomic E-state index is 5.48. The minimum atomic E-state index is 0.523.